The quantitative estimate of drug-likeness (QED) is 0.628. The van der Waals surface area contributed by atoms with Crippen LogP contribution in [0.2, 0.25) is 0 Å². The Hall–Kier alpha value is -2.93. The number of ether oxygens (including phenoxy) is 1. The van der Waals surface area contributed by atoms with Crippen molar-refractivity contribution >= 4 is 17.6 Å². The third kappa shape index (κ3) is 5.56. The highest BCUT2D eigenvalue weighted by Gasteiger charge is 2.20. The van der Waals surface area contributed by atoms with Crippen molar-refractivity contribution in [2.45, 2.75) is 19.6 Å². The van der Waals surface area contributed by atoms with Gasteiger partial charge in [0.2, 0.25) is 0 Å². The molecule has 1 atom stereocenters. The minimum absolute atomic E-state index is 0.0778. The number of benzene rings is 2. The molecule has 0 radical (unpaired) electrons. The molecule has 0 aliphatic rings. The lowest BCUT2D eigenvalue weighted by Gasteiger charge is -2.15. The smallest absolute Gasteiger partial charge is 0.341 e. The summed E-state index contributed by atoms with van der Waals surface area (Å²) < 4.78 is 18.1. The molecule has 2 rings (SSSR count). The zero-order valence-electron chi connectivity index (χ0n) is 14.4. The maximum atomic E-state index is 12.9. The molecule has 0 unspecified atom stereocenters. The van der Waals surface area contributed by atoms with E-state index in [2.05, 4.69) is 10.6 Å². The third-order valence-corrected chi connectivity index (χ3v) is 3.61. The summed E-state index contributed by atoms with van der Waals surface area (Å²) in [6, 6.07) is 12.4. The number of esters is 1. The van der Waals surface area contributed by atoms with E-state index in [1.165, 1.54) is 19.1 Å². The lowest BCUT2D eigenvalue weighted by Crippen LogP contribution is -2.35. The number of para-hydroxylation sites is 1. The van der Waals surface area contributed by atoms with Crippen molar-refractivity contribution in [2.24, 2.45) is 0 Å². The predicted molar refractivity (Wildman–Crippen MR) is 95.1 cm³/mol. The summed E-state index contributed by atoms with van der Waals surface area (Å²) in [6.45, 7) is 1.89. The number of hydrogen-bond donors (Lipinski definition) is 3. The Morgan fingerprint density at radius 3 is 2.54 bits per heavy atom. The zero-order chi connectivity index (χ0) is 18.9. The van der Waals surface area contributed by atoms with Crippen LogP contribution in [-0.4, -0.2) is 36.2 Å². The minimum atomic E-state index is -0.992. The second-order valence-corrected chi connectivity index (χ2v) is 5.59. The van der Waals surface area contributed by atoms with Crippen molar-refractivity contribution in [1.82, 2.24) is 5.32 Å². The average molecular weight is 360 g/mol. The monoisotopic (exact) mass is 360 g/mol. The largest absolute Gasteiger partial charge is 0.449 e. The first-order valence-electron chi connectivity index (χ1n) is 8.18. The van der Waals surface area contributed by atoms with E-state index in [1.54, 1.807) is 36.4 Å². The second-order valence-electron chi connectivity index (χ2n) is 5.59. The maximum absolute atomic E-state index is 12.9. The molecule has 26 heavy (non-hydrogen) atoms. The Balaban J connectivity index is 1.91. The van der Waals surface area contributed by atoms with Crippen LogP contribution in [0.5, 0.6) is 0 Å². The fourth-order valence-electron chi connectivity index (χ4n) is 2.22. The number of nitrogens with one attached hydrogen (secondary N) is 2. The molecule has 0 aliphatic carbocycles. The summed E-state index contributed by atoms with van der Waals surface area (Å²) in [4.78, 5) is 24.4. The van der Waals surface area contributed by atoms with Crippen molar-refractivity contribution < 1.29 is 23.8 Å². The molecule has 0 aromatic heterocycles. The molecule has 0 bridgehead atoms. The molecule has 0 heterocycles. The second kappa shape index (κ2) is 9.53. The Morgan fingerprint density at radius 2 is 1.85 bits per heavy atom. The fourth-order valence-corrected chi connectivity index (χ4v) is 2.22. The van der Waals surface area contributed by atoms with Crippen molar-refractivity contribution in [1.29, 1.82) is 0 Å². The van der Waals surface area contributed by atoms with E-state index in [4.69, 9.17) is 9.84 Å². The van der Waals surface area contributed by atoms with Gasteiger partial charge in [-0.3, -0.25) is 4.79 Å². The lowest BCUT2D eigenvalue weighted by atomic mass is 10.1. The van der Waals surface area contributed by atoms with Gasteiger partial charge in [0.25, 0.3) is 5.91 Å². The number of aliphatic hydroxyl groups excluding tert-OH is 1. The summed E-state index contributed by atoms with van der Waals surface area (Å²) in [5.41, 5.74) is 1.53. The van der Waals surface area contributed by atoms with Gasteiger partial charge < -0.3 is 20.5 Å². The Morgan fingerprint density at radius 1 is 1.15 bits per heavy atom. The highest BCUT2D eigenvalue weighted by atomic mass is 19.1. The lowest BCUT2D eigenvalue weighted by molar-refractivity contribution is -0.129. The van der Waals surface area contributed by atoms with Gasteiger partial charge in [-0.2, -0.15) is 0 Å². The Labute approximate surface area is 151 Å². The number of hydrogen-bond acceptors (Lipinski definition) is 5. The number of amides is 1. The van der Waals surface area contributed by atoms with Crippen molar-refractivity contribution in [3.63, 3.8) is 0 Å². The Bertz CT molecular complexity index is 749. The van der Waals surface area contributed by atoms with Crippen LogP contribution in [0.15, 0.2) is 48.5 Å². The van der Waals surface area contributed by atoms with E-state index in [-0.39, 0.29) is 31.1 Å². The van der Waals surface area contributed by atoms with Gasteiger partial charge >= 0.3 is 5.97 Å². The molecule has 3 N–H and O–H groups in total. The minimum Gasteiger partial charge on any atom is -0.449 e. The molecule has 0 aliphatic heterocycles. The first-order chi connectivity index (χ1) is 12.5. The zero-order valence-corrected chi connectivity index (χ0v) is 14.4. The number of carbonyl (C=O) groups is 2. The fraction of sp³-hybridized carbons (Fsp3) is 0.263. The van der Waals surface area contributed by atoms with Gasteiger partial charge in [0, 0.05) is 18.8 Å². The highest BCUT2D eigenvalue weighted by Crippen LogP contribution is 2.16. The normalized spacial score (nSPS) is 11.5. The number of carbonyl (C=O) groups excluding carboxylic acids is 2. The molecular weight excluding hydrogens is 339 g/mol. The van der Waals surface area contributed by atoms with Crippen LogP contribution in [0, 0.1) is 5.82 Å². The van der Waals surface area contributed by atoms with Gasteiger partial charge in [0.15, 0.2) is 6.10 Å². The highest BCUT2D eigenvalue weighted by molar-refractivity contribution is 5.97. The van der Waals surface area contributed by atoms with E-state index in [0.29, 0.717) is 5.69 Å². The van der Waals surface area contributed by atoms with Crippen LogP contribution in [-0.2, 0) is 16.1 Å². The summed E-state index contributed by atoms with van der Waals surface area (Å²) in [5, 5.41) is 14.4. The summed E-state index contributed by atoms with van der Waals surface area (Å²) in [6.07, 6.45) is -0.992. The predicted octanol–water partition coefficient (Wildman–Crippen LogP) is 2.09. The van der Waals surface area contributed by atoms with Crippen LogP contribution in [0.3, 0.4) is 0 Å². The molecule has 7 heteroatoms. The molecule has 0 saturated heterocycles. The number of rotatable bonds is 8. The molecule has 6 nitrogen and oxygen atoms in total. The average Bonchev–Trinajstić information content (AvgIpc) is 2.65. The van der Waals surface area contributed by atoms with Crippen LogP contribution >= 0.6 is 0 Å². The molecule has 0 saturated carbocycles. The summed E-state index contributed by atoms with van der Waals surface area (Å²) in [7, 11) is 0. The molecule has 2 aromatic carbocycles. The Kier molecular flexibility index (Phi) is 7.11. The summed E-state index contributed by atoms with van der Waals surface area (Å²) >= 11 is 0. The number of halogens is 1. The van der Waals surface area contributed by atoms with E-state index < -0.39 is 18.0 Å². The van der Waals surface area contributed by atoms with Crippen molar-refractivity contribution in [3.8, 4) is 0 Å². The molecule has 2 aromatic rings. The van der Waals surface area contributed by atoms with Crippen LogP contribution < -0.4 is 10.6 Å². The van der Waals surface area contributed by atoms with Crippen LogP contribution in [0.25, 0.3) is 0 Å². The van der Waals surface area contributed by atoms with E-state index in [0.717, 1.165) is 5.56 Å². The van der Waals surface area contributed by atoms with Gasteiger partial charge in [0.1, 0.15) is 5.82 Å². The van der Waals surface area contributed by atoms with Crippen molar-refractivity contribution in [3.05, 3.63) is 65.5 Å². The van der Waals surface area contributed by atoms with E-state index in [1.807, 2.05) is 0 Å². The standard InChI is InChI=1S/C19H21FN2O4/c1-13(18(24)22-12-14-6-8-15(20)9-7-14)26-19(25)16-4-2-3-5-17(16)21-10-11-23/h2-9,13,21,23H,10-12H2,1H3,(H,22,24)/t13-/m1/s1. The number of anilines is 1. The molecule has 1 amide bonds. The van der Waals surface area contributed by atoms with Crippen molar-refractivity contribution in [2.75, 3.05) is 18.5 Å². The van der Waals surface area contributed by atoms with Crippen LogP contribution in [0.1, 0.15) is 22.8 Å². The van der Waals surface area contributed by atoms with Crippen LogP contribution in [0.4, 0.5) is 10.1 Å². The van der Waals surface area contributed by atoms with Gasteiger partial charge in [-0.15, -0.1) is 0 Å². The van der Waals surface area contributed by atoms with Gasteiger partial charge in [-0.25, -0.2) is 9.18 Å². The molecule has 138 valence electrons. The van der Waals surface area contributed by atoms with Gasteiger partial charge in [-0.05, 0) is 36.8 Å². The van der Waals surface area contributed by atoms with Gasteiger partial charge in [0.05, 0.1) is 12.2 Å². The molecular formula is C19H21FN2O4. The maximum Gasteiger partial charge on any atom is 0.341 e. The number of aliphatic hydroxyl groups is 1. The first-order valence-corrected chi connectivity index (χ1v) is 8.18. The molecule has 0 spiro atoms. The first kappa shape index (κ1) is 19.4. The summed E-state index contributed by atoms with van der Waals surface area (Å²) in [5.74, 6) is -1.45. The molecule has 0 fully saturated rings. The topological polar surface area (TPSA) is 87.7 Å². The van der Waals surface area contributed by atoms with Gasteiger partial charge in [-0.1, -0.05) is 24.3 Å². The SMILES string of the molecule is C[C@@H](OC(=O)c1ccccc1NCCO)C(=O)NCc1ccc(F)cc1. The van der Waals surface area contributed by atoms with E-state index >= 15 is 0 Å². The van der Waals surface area contributed by atoms with E-state index in [9.17, 15) is 14.0 Å². The third-order valence-electron chi connectivity index (χ3n) is 3.61.